The van der Waals surface area contributed by atoms with E-state index < -0.39 is 15.7 Å². The summed E-state index contributed by atoms with van der Waals surface area (Å²) in [6.07, 6.45) is 5.77. The minimum absolute atomic E-state index is 0.0551. The molecule has 2 amide bonds. The van der Waals surface area contributed by atoms with Crippen LogP contribution in [0.15, 0.2) is 54.6 Å². The first kappa shape index (κ1) is 32.0. The standard InChI is InChI=1S/C35H44N4O4S/c1-35(2,3)44(43)39-22-27-21-29(33(41)36-28-12-7-6-8-13-28)37-32(31(27)30(39)18-19-40)26-11-9-10-25(20-26)23-14-16-24(17-15-23)34(42)38(4)5/h9-11,14-17,20-21,28,30,40H,6-8,12-13,18-19,22H2,1-5H3,(H,36,41)/t30-,44-/m0/s1. The predicted molar refractivity (Wildman–Crippen MR) is 175 cm³/mol. The molecule has 8 nitrogen and oxygen atoms in total. The molecule has 9 heteroatoms. The molecule has 2 aromatic carbocycles. The smallest absolute Gasteiger partial charge is 0.270 e. The van der Waals surface area contributed by atoms with Crippen molar-refractivity contribution < 1.29 is 18.9 Å². The van der Waals surface area contributed by atoms with Crippen molar-refractivity contribution in [3.63, 3.8) is 0 Å². The van der Waals surface area contributed by atoms with Crippen molar-refractivity contribution in [2.24, 2.45) is 0 Å². The molecule has 2 aliphatic rings. The summed E-state index contributed by atoms with van der Waals surface area (Å²) >= 11 is 0. The van der Waals surface area contributed by atoms with Gasteiger partial charge in [-0.15, -0.1) is 0 Å². The van der Waals surface area contributed by atoms with Crippen LogP contribution in [0.4, 0.5) is 0 Å². The lowest BCUT2D eigenvalue weighted by Gasteiger charge is -2.30. The third-order valence-corrected chi connectivity index (χ3v) is 10.3. The lowest BCUT2D eigenvalue weighted by Crippen LogP contribution is -2.36. The molecule has 0 spiro atoms. The van der Waals surface area contributed by atoms with Crippen LogP contribution >= 0.6 is 0 Å². The van der Waals surface area contributed by atoms with Gasteiger partial charge in [0, 0.05) is 50.0 Å². The number of fused-ring (bicyclic) bond motifs is 1. The second-order valence-electron chi connectivity index (χ2n) is 13.1. The lowest BCUT2D eigenvalue weighted by molar-refractivity contribution is 0.0827. The Labute approximate surface area is 263 Å². The van der Waals surface area contributed by atoms with E-state index >= 15 is 0 Å². The fraction of sp³-hybridized carbons (Fsp3) is 0.457. The molecule has 3 aromatic rings. The number of amides is 2. The molecule has 1 fully saturated rings. The van der Waals surface area contributed by atoms with Gasteiger partial charge in [0.15, 0.2) is 0 Å². The van der Waals surface area contributed by atoms with E-state index in [0.29, 0.717) is 29.9 Å². The van der Waals surface area contributed by atoms with E-state index in [1.54, 1.807) is 19.0 Å². The minimum Gasteiger partial charge on any atom is -0.396 e. The molecule has 1 saturated carbocycles. The molecule has 1 aliphatic carbocycles. The maximum absolute atomic E-state index is 13.7. The highest BCUT2D eigenvalue weighted by Crippen LogP contribution is 2.44. The number of nitrogens with one attached hydrogen (secondary N) is 1. The Balaban J connectivity index is 1.59. The van der Waals surface area contributed by atoms with E-state index in [-0.39, 0.29) is 30.5 Å². The van der Waals surface area contributed by atoms with Gasteiger partial charge in [-0.3, -0.25) is 9.59 Å². The average molecular weight is 617 g/mol. The van der Waals surface area contributed by atoms with Crippen LogP contribution in [0.3, 0.4) is 0 Å². The fourth-order valence-electron chi connectivity index (χ4n) is 6.22. The number of aromatic nitrogens is 1. The summed E-state index contributed by atoms with van der Waals surface area (Å²) in [5, 5.41) is 13.3. The van der Waals surface area contributed by atoms with Gasteiger partial charge in [-0.25, -0.2) is 13.5 Å². The summed E-state index contributed by atoms with van der Waals surface area (Å²) < 4.78 is 15.2. The molecule has 0 unspecified atom stereocenters. The molecule has 0 saturated heterocycles. The highest BCUT2D eigenvalue weighted by atomic mass is 32.2. The van der Waals surface area contributed by atoms with Crippen molar-refractivity contribution in [2.75, 3.05) is 20.7 Å². The van der Waals surface area contributed by atoms with Gasteiger partial charge in [0.1, 0.15) is 16.7 Å². The van der Waals surface area contributed by atoms with Crippen LogP contribution in [-0.2, 0) is 17.5 Å². The topological polar surface area (TPSA) is 103 Å². The van der Waals surface area contributed by atoms with Gasteiger partial charge in [0.25, 0.3) is 11.8 Å². The molecule has 0 bridgehead atoms. The number of rotatable bonds is 8. The van der Waals surface area contributed by atoms with Crippen molar-refractivity contribution in [3.8, 4) is 22.4 Å². The Morgan fingerprint density at radius 1 is 1.00 bits per heavy atom. The van der Waals surface area contributed by atoms with Gasteiger partial charge >= 0.3 is 0 Å². The zero-order valence-electron chi connectivity index (χ0n) is 26.4. The number of pyridine rings is 1. The average Bonchev–Trinajstić information content (AvgIpc) is 3.38. The zero-order chi connectivity index (χ0) is 31.6. The first-order chi connectivity index (χ1) is 21.0. The van der Waals surface area contributed by atoms with Crippen LogP contribution in [0, 0.1) is 0 Å². The Morgan fingerprint density at radius 2 is 1.68 bits per heavy atom. The Bertz CT molecular complexity index is 1540. The number of hydrogen-bond donors (Lipinski definition) is 2. The monoisotopic (exact) mass is 616 g/mol. The third-order valence-electron chi connectivity index (χ3n) is 8.47. The highest BCUT2D eigenvalue weighted by Gasteiger charge is 2.40. The first-order valence-electron chi connectivity index (χ1n) is 15.5. The van der Waals surface area contributed by atoms with Crippen LogP contribution in [0.5, 0.6) is 0 Å². The molecule has 5 rings (SSSR count). The van der Waals surface area contributed by atoms with Crippen LogP contribution in [0.1, 0.15) is 97.3 Å². The number of benzene rings is 2. The molecule has 1 aliphatic heterocycles. The summed E-state index contributed by atoms with van der Waals surface area (Å²) in [6, 6.07) is 17.2. The second kappa shape index (κ2) is 13.3. The van der Waals surface area contributed by atoms with Gasteiger partial charge in [-0.05, 0) is 81.0 Å². The van der Waals surface area contributed by atoms with Crippen LogP contribution in [0.25, 0.3) is 22.4 Å². The fourth-order valence-corrected chi connectivity index (χ4v) is 7.62. The predicted octanol–water partition coefficient (Wildman–Crippen LogP) is 5.88. The largest absolute Gasteiger partial charge is 0.396 e. The van der Waals surface area contributed by atoms with E-state index in [4.69, 9.17) is 4.98 Å². The van der Waals surface area contributed by atoms with Gasteiger partial charge < -0.3 is 15.3 Å². The zero-order valence-corrected chi connectivity index (χ0v) is 27.2. The SMILES string of the molecule is CN(C)C(=O)c1ccc(-c2cccc(-c3nc(C(=O)NC4CCCCC4)cc4c3[C@H](CCO)N([S@@](=O)C(C)(C)C)C4)c2)cc1. The number of nitrogens with zero attached hydrogens (tertiary/aromatic N) is 3. The molecule has 2 atom stereocenters. The minimum atomic E-state index is -1.34. The van der Waals surface area contributed by atoms with Crippen molar-refractivity contribution >= 4 is 22.8 Å². The quantitative estimate of drug-likeness (QED) is 0.329. The summed E-state index contributed by atoms with van der Waals surface area (Å²) in [5.41, 5.74) is 6.21. The van der Waals surface area contributed by atoms with E-state index in [0.717, 1.165) is 53.5 Å². The molecule has 1 aromatic heterocycles. The second-order valence-corrected chi connectivity index (χ2v) is 15.3. The summed E-state index contributed by atoms with van der Waals surface area (Å²) in [6.45, 7) is 6.19. The molecule has 44 heavy (non-hydrogen) atoms. The highest BCUT2D eigenvalue weighted by molar-refractivity contribution is 7.84. The molecular formula is C35H44N4O4S. The van der Waals surface area contributed by atoms with Gasteiger partial charge in [-0.1, -0.05) is 49.6 Å². The maximum Gasteiger partial charge on any atom is 0.270 e. The number of hydrogen-bond acceptors (Lipinski definition) is 5. The number of aliphatic hydroxyl groups is 1. The van der Waals surface area contributed by atoms with E-state index in [1.165, 1.54) is 6.42 Å². The summed E-state index contributed by atoms with van der Waals surface area (Å²) in [7, 11) is 2.13. The Hall–Kier alpha value is -3.40. The van der Waals surface area contributed by atoms with Gasteiger partial charge in [0.2, 0.25) is 0 Å². The molecule has 0 radical (unpaired) electrons. The van der Waals surface area contributed by atoms with Crippen LogP contribution in [-0.4, -0.2) is 66.8 Å². The number of aliphatic hydroxyl groups excluding tert-OH is 1. The molecule has 2 heterocycles. The van der Waals surface area contributed by atoms with Crippen molar-refractivity contribution in [1.29, 1.82) is 0 Å². The number of carbonyl (C=O) groups excluding carboxylic acids is 2. The third kappa shape index (κ3) is 6.80. The summed E-state index contributed by atoms with van der Waals surface area (Å²) in [4.78, 5) is 32.5. The van der Waals surface area contributed by atoms with E-state index in [1.807, 2.05) is 79.7 Å². The van der Waals surface area contributed by atoms with Crippen LogP contribution in [0.2, 0.25) is 0 Å². The van der Waals surface area contributed by atoms with Gasteiger partial charge in [-0.2, -0.15) is 0 Å². The Morgan fingerprint density at radius 3 is 2.32 bits per heavy atom. The van der Waals surface area contributed by atoms with E-state index in [9.17, 15) is 18.9 Å². The normalized spacial score (nSPS) is 18.1. The van der Waals surface area contributed by atoms with E-state index in [2.05, 4.69) is 5.32 Å². The molecular weight excluding hydrogens is 572 g/mol. The molecule has 2 N–H and O–H groups in total. The number of carbonyl (C=O) groups is 2. The summed E-state index contributed by atoms with van der Waals surface area (Å²) in [5.74, 6) is -0.243. The first-order valence-corrected chi connectivity index (χ1v) is 16.6. The van der Waals surface area contributed by atoms with Gasteiger partial charge in [0.05, 0.1) is 16.5 Å². The molecule has 234 valence electrons. The lowest BCUT2D eigenvalue weighted by atomic mass is 9.93. The maximum atomic E-state index is 13.7. The van der Waals surface area contributed by atoms with Crippen LogP contribution < -0.4 is 5.32 Å². The van der Waals surface area contributed by atoms with Crippen molar-refractivity contribution in [2.45, 2.75) is 82.7 Å². The van der Waals surface area contributed by atoms with Crippen molar-refractivity contribution in [3.05, 3.63) is 77.0 Å². The Kier molecular flexibility index (Phi) is 9.68. The van der Waals surface area contributed by atoms with Crippen molar-refractivity contribution in [1.82, 2.24) is 19.5 Å².